The summed E-state index contributed by atoms with van der Waals surface area (Å²) in [5.74, 6) is 1.58. The van der Waals surface area contributed by atoms with E-state index >= 15 is 0 Å². The van der Waals surface area contributed by atoms with Crippen molar-refractivity contribution < 1.29 is 4.74 Å². The summed E-state index contributed by atoms with van der Waals surface area (Å²) in [6.07, 6.45) is 0. The molecule has 0 bridgehead atoms. The summed E-state index contributed by atoms with van der Waals surface area (Å²) < 4.78 is 7.57. The Morgan fingerprint density at radius 1 is 0.962 bits per heavy atom. The largest absolute Gasteiger partial charge is 0.486 e. The zero-order valence-electron chi connectivity index (χ0n) is 15.0. The maximum Gasteiger partial charge on any atom is 0.235 e. The van der Waals surface area contributed by atoms with Crippen LogP contribution in [0.5, 0.6) is 5.75 Å². The van der Waals surface area contributed by atoms with E-state index in [9.17, 15) is 0 Å². The number of benzene rings is 2. The molecule has 0 radical (unpaired) electrons. The third-order valence-corrected chi connectivity index (χ3v) is 5.02. The van der Waals surface area contributed by atoms with Crippen LogP contribution in [-0.4, -0.2) is 19.8 Å². The van der Waals surface area contributed by atoms with Crippen LogP contribution in [0.2, 0.25) is 0 Å². The van der Waals surface area contributed by atoms with Crippen molar-refractivity contribution in [2.75, 3.05) is 0 Å². The van der Waals surface area contributed by atoms with E-state index in [-0.39, 0.29) is 5.41 Å². The van der Waals surface area contributed by atoms with Crippen molar-refractivity contribution >= 4 is 16.3 Å². The zero-order chi connectivity index (χ0) is 18.1. The molecule has 2 aromatic carbocycles. The molecule has 0 saturated carbocycles. The SMILES string of the molecule is CC(C)(C)c1ccc(-c2nnc3sc(COc4ccccc4)nn23)cc1. The topological polar surface area (TPSA) is 52.3 Å². The van der Waals surface area contributed by atoms with Crippen molar-refractivity contribution in [2.24, 2.45) is 0 Å². The Hall–Kier alpha value is -2.73. The number of nitrogens with zero attached hydrogens (tertiary/aromatic N) is 4. The molecule has 0 aliphatic rings. The number of hydrogen-bond donors (Lipinski definition) is 0. The van der Waals surface area contributed by atoms with Crippen LogP contribution in [0, 0.1) is 0 Å². The Balaban J connectivity index is 1.58. The zero-order valence-corrected chi connectivity index (χ0v) is 15.8. The summed E-state index contributed by atoms with van der Waals surface area (Å²) in [4.78, 5) is 0.770. The lowest BCUT2D eigenvalue weighted by molar-refractivity contribution is 0.304. The monoisotopic (exact) mass is 364 g/mol. The van der Waals surface area contributed by atoms with Crippen molar-refractivity contribution in [3.63, 3.8) is 0 Å². The second kappa shape index (κ2) is 6.53. The molecule has 0 amide bonds. The second-order valence-electron chi connectivity index (χ2n) is 7.14. The van der Waals surface area contributed by atoms with Gasteiger partial charge in [-0.3, -0.25) is 0 Å². The van der Waals surface area contributed by atoms with E-state index in [1.165, 1.54) is 16.9 Å². The van der Waals surface area contributed by atoms with Gasteiger partial charge in [-0.2, -0.15) is 9.61 Å². The highest BCUT2D eigenvalue weighted by molar-refractivity contribution is 7.16. The number of hydrogen-bond acceptors (Lipinski definition) is 5. The van der Waals surface area contributed by atoms with Gasteiger partial charge in [-0.1, -0.05) is 74.6 Å². The molecule has 132 valence electrons. The quantitative estimate of drug-likeness (QED) is 0.525. The van der Waals surface area contributed by atoms with E-state index in [0.29, 0.717) is 6.61 Å². The van der Waals surface area contributed by atoms with Crippen molar-refractivity contribution in [2.45, 2.75) is 32.8 Å². The summed E-state index contributed by atoms with van der Waals surface area (Å²) in [6, 6.07) is 18.2. The lowest BCUT2D eigenvalue weighted by atomic mass is 9.87. The molecular weight excluding hydrogens is 344 g/mol. The van der Waals surface area contributed by atoms with Crippen LogP contribution in [0.25, 0.3) is 16.3 Å². The highest BCUT2D eigenvalue weighted by Crippen LogP contribution is 2.26. The summed E-state index contributed by atoms with van der Waals surface area (Å²) >= 11 is 1.49. The van der Waals surface area contributed by atoms with Crippen molar-refractivity contribution in [3.8, 4) is 17.1 Å². The third kappa shape index (κ3) is 3.32. The summed E-state index contributed by atoms with van der Waals surface area (Å²) in [5, 5.41) is 14.0. The Morgan fingerprint density at radius 2 is 1.69 bits per heavy atom. The minimum Gasteiger partial charge on any atom is -0.486 e. The van der Waals surface area contributed by atoms with Crippen LogP contribution >= 0.6 is 11.3 Å². The number of para-hydroxylation sites is 1. The summed E-state index contributed by atoms with van der Waals surface area (Å²) in [6.45, 7) is 7.03. The molecule has 0 aliphatic carbocycles. The predicted octanol–water partition coefficient (Wildman–Crippen LogP) is 4.73. The van der Waals surface area contributed by atoms with Gasteiger partial charge in [0.05, 0.1) is 0 Å². The van der Waals surface area contributed by atoms with Crippen LogP contribution in [-0.2, 0) is 12.0 Å². The average Bonchev–Trinajstić information content (AvgIpc) is 3.20. The summed E-state index contributed by atoms with van der Waals surface area (Å²) in [7, 11) is 0. The van der Waals surface area contributed by atoms with Crippen LogP contribution in [0.15, 0.2) is 54.6 Å². The van der Waals surface area contributed by atoms with E-state index in [1.54, 1.807) is 4.52 Å². The maximum atomic E-state index is 5.78. The Morgan fingerprint density at radius 3 is 2.38 bits per heavy atom. The van der Waals surface area contributed by atoms with E-state index < -0.39 is 0 Å². The van der Waals surface area contributed by atoms with Crippen molar-refractivity contribution in [1.82, 2.24) is 19.8 Å². The van der Waals surface area contributed by atoms with Gasteiger partial charge < -0.3 is 4.74 Å². The molecule has 0 atom stereocenters. The lowest BCUT2D eigenvalue weighted by Crippen LogP contribution is -2.10. The van der Waals surface area contributed by atoms with E-state index in [1.807, 2.05) is 30.3 Å². The third-order valence-electron chi connectivity index (χ3n) is 4.15. The van der Waals surface area contributed by atoms with Gasteiger partial charge in [0.25, 0.3) is 0 Å². The van der Waals surface area contributed by atoms with Crippen molar-refractivity contribution in [1.29, 1.82) is 0 Å². The molecule has 5 nitrogen and oxygen atoms in total. The van der Waals surface area contributed by atoms with Gasteiger partial charge in [0, 0.05) is 5.56 Å². The molecule has 6 heteroatoms. The molecule has 0 N–H and O–H groups in total. The minimum absolute atomic E-state index is 0.126. The van der Waals surface area contributed by atoms with Gasteiger partial charge in [0.1, 0.15) is 12.4 Å². The first-order valence-electron chi connectivity index (χ1n) is 8.50. The van der Waals surface area contributed by atoms with Gasteiger partial charge in [0.15, 0.2) is 10.8 Å². The molecule has 0 aliphatic heterocycles. The Kier molecular flexibility index (Phi) is 4.20. The lowest BCUT2D eigenvalue weighted by Gasteiger charge is -2.18. The molecule has 0 fully saturated rings. The van der Waals surface area contributed by atoms with Gasteiger partial charge >= 0.3 is 0 Å². The first-order chi connectivity index (χ1) is 12.5. The number of rotatable bonds is 4. The van der Waals surface area contributed by atoms with Gasteiger partial charge in [-0.05, 0) is 23.1 Å². The normalized spacial score (nSPS) is 11.8. The van der Waals surface area contributed by atoms with Crippen LogP contribution in [0.3, 0.4) is 0 Å². The van der Waals surface area contributed by atoms with E-state index in [2.05, 4.69) is 60.3 Å². The van der Waals surface area contributed by atoms with Crippen LogP contribution < -0.4 is 4.74 Å². The van der Waals surface area contributed by atoms with Crippen LogP contribution in [0.1, 0.15) is 31.3 Å². The fraction of sp³-hybridized carbons (Fsp3) is 0.250. The molecule has 4 aromatic rings. The summed E-state index contributed by atoms with van der Waals surface area (Å²) in [5.41, 5.74) is 2.42. The number of aromatic nitrogens is 4. The van der Waals surface area contributed by atoms with Gasteiger partial charge in [-0.25, -0.2) is 0 Å². The standard InChI is InChI=1S/C20H20N4OS/c1-20(2,3)15-11-9-14(10-12-15)18-21-22-19-24(18)23-17(26-19)13-25-16-7-5-4-6-8-16/h4-12H,13H2,1-3H3. The second-order valence-corrected chi connectivity index (χ2v) is 8.18. The molecule has 2 heterocycles. The van der Waals surface area contributed by atoms with Gasteiger partial charge in [-0.15, -0.1) is 10.2 Å². The number of fused-ring (bicyclic) bond motifs is 1. The molecule has 0 spiro atoms. The minimum atomic E-state index is 0.126. The highest BCUT2D eigenvalue weighted by Gasteiger charge is 2.16. The predicted molar refractivity (Wildman–Crippen MR) is 104 cm³/mol. The average molecular weight is 364 g/mol. The molecule has 2 aromatic heterocycles. The van der Waals surface area contributed by atoms with E-state index in [4.69, 9.17) is 4.74 Å². The Labute approximate surface area is 156 Å². The van der Waals surface area contributed by atoms with Crippen LogP contribution in [0.4, 0.5) is 0 Å². The molecule has 26 heavy (non-hydrogen) atoms. The molecule has 0 saturated heterocycles. The van der Waals surface area contributed by atoms with Gasteiger partial charge in [0.2, 0.25) is 4.96 Å². The van der Waals surface area contributed by atoms with Crippen molar-refractivity contribution in [3.05, 3.63) is 65.2 Å². The fourth-order valence-electron chi connectivity index (χ4n) is 2.68. The smallest absolute Gasteiger partial charge is 0.235 e. The fourth-order valence-corrected chi connectivity index (χ4v) is 3.42. The first-order valence-corrected chi connectivity index (χ1v) is 9.32. The Bertz CT molecular complexity index is 1010. The molecule has 0 unspecified atom stereocenters. The highest BCUT2D eigenvalue weighted by atomic mass is 32.1. The maximum absolute atomic E-state index is 5.78. The number of ether oxygens (including phenoxy) is 1. The van der Waals surface area contributed by atoms with E-state index in [0.717, 1.165) is 27.1 Å². The molecular formula is C20H20N4OS. The first kappa shape index (κ1) is 16.7. The molecule has 4 rings (SSSR count).